The third-order valence-corrected chi connectivity index (χ3v) is 2.16. The Morgan fingerprint density at radius 1 is 1.27 bits per heavy atom. The fraction of sp³-hybridized carbons (Fsp3) is 0.300. The molecule has 2 rings (SSSR count). The van der Waals surface area contributed by atoms with E-state index in [4.69, 9.17) is 0 Å². The van der Waals surface area contributed by atoms with Crippen LogP contribution in [0.4, 0.5) is 0 Å². The number of rotatable bonds is 0. The molecular weight excluding hydrogens is 136 g/mol. The van der Waals surface area contributed by atoms with Crippen molar-refractivity contribution in [3.8, 4) is 0 Å². The molecule has 0 fully saturated rings. The van der Waals surface area contributed by atoms with Crippen molar-refractivity contribution in [2.24, 2.45) is 0 Å². The lowest BCUT2D eigenvalue weighted by molar-refractivity contribution is 0.162. The predicted octanol–water partition coefficient (Wildman–Crippen LogP) is 2.07. The van der Waals surface area contributed by atoms with E-state index in [0.717, 1.165) is 18.4 Å². The minimum absolute atomic E-state index is 0.240. The summed E-state index contributed by atoms with van der Waals surface area (Å²) in [6.07, 6.45) is 3.81. The first-order valence-electron chi connectivity index (χ1n) is 3.98. The molecule has 0 saturated heterocycles. The van der Waals surface area contributed by atoms with Crippen LogP contribution in [-0.2, 0) is 0 Å². The largest absolute Gasteiger partial charge is 0.388 e. The van der Waals surface area contributed by atoms with Crippen LogP contribution in [0.5, 0.6) is 0 Å². The summed E-state index contributed by atoms with van der Waals surface area (Å²) < 4.78 is 0. The van der Waals surface area contributed by atoms with Crippen molar-refractivity contribution in [2.45, 2.75) is 18.9 Å². The molecule has 1 aromatic carbocycles. The standard InChI is InChI=1S/C10H11O/c11-10-7-3-5-8-4-1-2-6-9(8)10/h1-2,4-6,10-11H,3,7H2. The third-order valence-electron chi connectivity index (χ3n) is 2.16. The first-order valence-corrected chi connectivity index (χ1v) is 3.98. The summed E-state index contributed by atoms with van der Waals surface area (Å²) in [5.74, 6) is 0. The van der Waals surface area contributed by atoms with Gasteiger partial charge >= 0.3 is 0 Å². The Balaban J connectivity index is 2.44. The van der Waals surface area contributed by atoms with E-state index in [0.29, 0.717) is 0 Å². The molecule has 0 heterocycles. The summed E-state index contributed by atoms with van der Waals surface area (Å²) in [5.41, 5.74) is 2.28. The zero-order chi connectivity index (χ0) is 7.68. The van der Waals surface area contributed by atoms with E-state index in [1.165, 1.54) is 5.56 Å². The van der Waals surface area contributed by atoms with Crippen LogP contribution in [0.1, 0.15) is 30.1 Å². The van der Waals surface area contributed by atoms with Crippen molar-refractivity contribution in [1.82, 2.24) is 0 Å². The Labute approximate surface area is 66.7 Å². The molecule has 1 heteroatoms. The Bertz CT molecular complexity index is 255. The summed E-state index contributed by atoms with van der Waals surface area (Å²) in [5, 5.41) is 9.54. The topological polar surface area (TPSA) is 20.2 Å². The fourth-order valence-electron chi connectivity index (χ4n) is 1.55. The van der Waals surface area contributed by atoms with Crippen molar-refractivity contribution in [1.29, 1.82) is 0 Å². The second-order valence-electron chi connectivity index (χ2n) is 2.93. The molecule has 1 nitrogen and oxygen atoms in total. The lowest BCUT2D eigenvalue weighted by Crippen LogP contribution is -2.06. The van der Waals surface area contributed by atoms with Gasteiger partial charge in [-0.3, -0.25) is 0 Å². The smallest absolute Gasteiger partial charge is 0.0793 e. The van der Waals surface area contributed by atoms with Gasteiger partial charge in [0.2, 0.25) is 0 Å². The van der Waals surface area contributed by atoms with E-state index in [1.54, 1.807) is 0 Å². The average molecular weight is 147 g/mol. The van der Waals surface area contributed by atoms with E-state index in [-0.39, 0.29) is 6.10 Å². The summed E-state index contributed by atoms with van der Waals surface area (Å²) in [6, 6.07) is 8.03. The summed E-state index contributed by atoms with van der Waals surface area (Å²) in [6.45, 7) is 0. The van der Waals surface area contributed by atoms with Crippen LogP contribution in [0.15, 0.2) is 24.3 Å². The van der Waals surface area contributed by atoms with E-state index in [1.807, 2.05) is 18.2 Å². The lowest BCUT2D eigenvalue weighted by Gasteiger charge is -2.20. The van der Waals surface area contributed by atoms with Crippen LogP contribution in [0.2, 0.25) is 0 Å². The Kier molecular flexibility index (Phi) is 1.66. The molecule has 1 unspecified atom stereocenters. The highest BCUT2D eigenvalue weighted by atomic mass is 16.3. The van der Waals surface area contributed by atoms with Crippen LogP contribution >= 0.6 is 0 Å². The molecule has 1 N–H and O–H groups in total. The van der Waals surface area contributed by atoms with Gasteiger partial charge in [0.05, 0.1) is 6.10 Å². The molecular formula is C10H11O. The molecule has 11 heavy (non-hydrogen) atoms. The highest BCUT2D eigenvalue weighted by Gasteiger charge is 2.16. The van der Waals surface area contributed by atoms with Crippen molar-refractivity contribution in [2.75, 3.05) is 0 Å². The number of fused-ring (bicyclic) bond motifs is 1. The van der Waals surface area contributed by atoms with Gasteiger partial charge in [-0.2, -0.15) is 0 Å². The summed E-state index contributed by atoms with van der Waals surface area (Å²) in [4.78, 5) is 0. The number of aliphatic hydroxyl groups is 1. The maximum atomic E-state index is 9.54. The minimum Gasteiger partial charge on any atom is -0.388 e. The average Bonchev–Trinajstić information content (AvgIpc) is 2.06. The summed E-state index contributed by atoms with van der Waals surface area (Å²) >= 11 is 0. The Morgan fingerprint density at radius 2 is 2.09 bits per heavy atom. The van der Waals surface area contributed by atoms with E-state index < -0.39 is 0 Å². The van der Waals surface area contributed by atoms with Crippen LogP contribution in [-0.4, -0.2) is 5.11 Å². The molecule has 0 aliphatic heterocycles. The highest BCUT2D eigenvalue weighted by Crippen LogP contribution is 2.29. The maximum Gasteiger partial charge on any atom is 0.0793 e. The summed E-state index contributed by atoms with van der Waals surface area (Å²) in [7, 11) is 0. The SMILES string of the molecule is OC1CC[CH]c2ccccc21. The monoisotopic (exact) mass is 147 g/mol. The zero-order valence-electron chi connectivity index (χ0n) is 6.33. The molecule has 0 amide bonds. The first-order chi connectivity index (χ1) is 5.38. The van der Waals surface area contributed by atoms with Gasteiger partial charge in [-0.1, -0.05) is 24.3 Å². The van der Waals surface area contributed by atoms with Gasteiger partial charge in [0.25, 0.3) is 0 Å². The molecule has 1 atom stereocenters. The number of aliphatic hydroxyl groups excluding tert-OH is 1. The third kappa shape index (κ3) is 1.16. The Hall–Kier alpha value is -0.820. The molecule has 1 aromatic rings. The minimum atomic E-state index is -0.240. The zero-order valence-corrected chi connectivity index (χ0v) is 6.33. The molecule has 1 radical (unpaired) electrons. The van der Waals surface area contributed by atoms with Crippen LogP contribution in [0.25, 0.3) is 0 Å². The van der Waals surface area contributed by atoms with Gasteiger partial charge in [0.15, 0.2) is 0 Å². The van der Waals surface area contributed by atoms with Crippen LogP contribution < -0.4 is 0 Å². The van der Waals surface area contributed by atoms with Gasteiger partial charge < -0.3 is 5.11 Å². The number of benzene rings is 1. The molecule has 0 spiro atoms. The second kappa shape index (κ2) is 2.67. The lowest BCUT2D eigenvalue weighted by atomic mass is 9.90. The highest BCUT2D eigenvalue weighted by molar-refractivity contribution is 5.36. The normalized spacial score (nSPS) is 22.8. The number of hydrogen-bond donors (Lipinski definition) is 1. The van der Waals surface area contributed by atoms with Crippen LogP contribution in [0.3, 0.4) is 0 Å². The second-order valence-corrected chi connectivity index (χ2v) is 2.93. The molecule has 57 valence electrons. The van der Waals surface area contributed by atoms with E-state index in [9.17, 15) is 5.11 Å². The molecule has 0 aromatic heterocycles. The van der Waals surface area contributed by atoms with Gasteiger partial charge in [-0.15, -0.1) is 0 Å². The maximum absolute atomic E-state index is 9.54. The number of hydrogen-bond acceptors (Lipinski definition) is 1. The Morgan fingerprint density at radius 3 is 2.91 bits per heavy atom. The fourth-order valence-corrected chi connectivity index (χ4v) is 1.55. The molecule has 0 saturated carbocycles. The van der Waals surface area contributed by atoms with Crippen molar-refractivity contribution in [3.05, 3.63) is 41.8 Å². The van der Waals surface area contributed by atoms with Crippen LogP contribution in [0, 0.1) is 6.42 Å². The molecule has 1 aliphatic rings. The van der Waals surface area contributed by atoms with Crippen molar-refractivity contribution >= 4 is 0 Å². The predicted molar refractivity (Wildman–Crippen MR) is 44.0 cm³/mol. The first kappa shape index (κ1) is 6.86. The molecule has 1 aliphatic carbocycles. The van der Waals surface area contributed by atoms with Gasteiger partial charge in [0, 0.05) is 0 Å². The van der Waals surface area contributed by atoms with Crippen molar-refractivity contribution in [3.63, 3.8) is 0 Å². The van der Waals surface area contributed by atoms with Gasteiger partial charge in [-0.25, -0.2) is 0 Å². The van der Waals surface area contributed by atoms with E-state index in [2.05, 4.69) is 12.5 Å². The van der Waals surface area contributed by atoms with Crippen molar-refractivity contribution < 1.29 is 5.11 Å². The quantitative estimate of drug-likeness (QED) is 0.595. The van der Waals surface area contributed by atoms with E-state index >= 15 is 0 Å². The van der Waals surface area contributed by atoms with Gasteiger partial charge in [-0.05, 0) is 30.4 Å². The van der Waals surface area contributed by atoms with Gasteiger partial charge in [0.1, 0.15) is 0 Å². The molecule has 0 bridgehead atoms.